The van der Waals surface area contributed by atoms with Crippen LogP contribution in [-0.4, -0.2) is 39.7 Å². The van der Waals surface area contributed by atoms with Crippen molar-refractivity contribution < 1.29 is 13.9 Å². The quantitative estimate of drug-likeness (QED) is 0.248. The molecule has 4 aromatic rings. The zero-order valence-electron chi connectivity index (χ0n) is 21.1. The van der Waals surface area contributed by atoms with Gasteiger partial charge < -0.3 is 10.1 Å². The van der Waals surface area contributed by atoms with Crippen LogP contribution >= 0.6 is 34.5 Å². The highest BCUT2D eigenvalue weighted by molar-refractivity contribution is 7.18. The van der Waals surface area contributed by atoms with Crippen LogP contribution < -0.4 is 10.1 Å². The van der Waals surface area contributed by atoms with Crippen LogP contribution in [-0.2, 0) is 0 Å². The lowest BCUT2D eigenvalue weighted by atomic mass is 9.92. The van der Waals surface area contributed by atoms with Crippen LogP contribution in [0, 0.1) is 13.8 Å². The Balaban J connectivity index is 1.35. The number of halogens is 3. The standard InChI is InChI=1S/C28H25Cl2FN4O2S/c1-13-8-16(9-21-23(13)34-15(3)38-21)27(36)33-11-19(28(31)5-6-28)20-10-18-14(2)12-37-25(18)24(35-20)17-4-7-32-26(30)22(17)29/h4,7-10,14,19H,5-6,11-12H2,1-3H3,(H,33,36). The van der Waals surface area contributed by atoms with Crippen LogP contribution in [0.25, 0.3) is 21.5 Å². The van der Waals surface area contributed by atoms with Gasteiger partial charge in [-0.3, -0.25) is 4.79 Å². The number of rotatable bonds is 6. The molecule has 10 heteroatoms. The molecule has 1 fully saturated rings. The van der Waals surface area contributed by atoms with E-state index in [2.05, 4.69) is 22.2 Å². The summed E-state index contributed by atoms with van der Waals surface area (Å²) in [5, 5.41) is 4.35. The number of aromatic nitrogens is 3. The molecule has 6 rings (SSSR count). The van der Waals surface area contributed by atoms with Gasteiger partial charge in [-0.05, 0) is 56.5 Å². The number of carbonyl (C=O) groups excluding carboxylic acids is 1. The molecule has 1 aromatic carbocycles. The Morgan fingerprint density at radius 3 is 2.82 bits per heavy atom. The van der Waals surface area contributed by atoms with E-state index in [4.69, 9.17) is 32.9 Å². The predicted octanol–water partition coefficient (Wildman–Crippen LogP) is 7.19. The molecule has 1 N–H and O–H groups in total. The number of aryl methyl sites for hydroxylation is 2. The lowest BCUT2D eigenvalue weighted by molar-refractivity contribution is 0.0944. The van der Waals surface area contributed by atoms with Gasteiger partial charge in [-0.2, -0.15) is 0 Å². The first-order valence-corrected chi connectivity index (χ1v) is 14.0. The monoisotopic (exact) mass is 570 g/mol. The van der Waals surface area contributed by atoms with E-state index in [1.807, 2.05) is 32.0 Å². The van der Waals surface area contributed by atoms with Crippen LogP contribution in [0.5, 0.6) is 5.75 Å². The van der Waals surface area contributed by atoms with Crippen LogP contribution in [0.1, 0.15) is 63.8 Å². The molecule has 0 radical (unpaired) electrons. The molecule has 0 bridgehead atoms. The van der Waals surface area contributed by atoms with Crippen molar-refractivity contribution in [3.05, 3.63) is 68.0 Å². The molecule has 1 aliphatic carbocycles. The van der Waals surface area contributed by atoms with E-state index in [1.54, 1.807) is 23.6 Å². The van der Waals surface area contributed by atoms with E-state index >= 15 is 4.39 Å². The third-order valence-electron chi connectivity index (χ3n) is 7.36. The molecule has 0 spiro atoms. The fourth-order valence-electron chi connectivity index (χ4n) is 5.11. The highest BCUT2D eigenvalue weighted by atomic mass is 35.5. The number of thiazole rings is 1. The van der Waals surface area contributed by atoms with Gasteiger partial charge in [0.1, 0.15) is 22.3 Å². The van der Waals surface area contributed by atoms with Crippen molar-refractivity contribution in [3.8, 4) is 17.0 Å². The molecule has 1 saturated carbocycles. The summed E-state index contributed by atoms with van der Waals surface area (Å²) in [6.45, 7) is 6.54. The molecule has 2 atom stereocenters. The summed E-state index contributed by atoms with van der Waals surface area (Å²) in [6, 6.07) is 7.32. The summed E-state index contributed by atoms with van der Waals surface area (Å²) in [4.78, 5) is 26.7. The lowest BCUT2D eigenvalue weighted by Gasteiger charge is -2.23. The molecule has 6 nitrogen and oxygen atoms in total. The Kier molecular flexibility index (Phi) is 6.32. The second-order valence-electron chi connectivity index (χ2n) is 10.2. The molecule has 1 amide bonds. The summed E-state index contributed by atoms with van der Waals surface area (Å²) < 4.78 is 22.8. The van der Waals surface area contributed by atoms with Gasteiger partial charge in [-0.25, -0.2) is 19.3 Å². The van der Waals surface area contributed by atoms with E-state index in [1.165, 1.54) is 0 Å². The van der Waals surface area contributed by atoms with Crippen molar-refractivity contribution in [3.63, 3.8) is 0 Å². The topological polar surface area (TPSA) is 77.0 Å². The summed E-state index contributed by atoms with van der Waals surface area (Å²) >= 11 is 14.2. The molecule has 0 saturated heterocycles. The second-order valence-corrected chi connectivity index (χ2v) is 12.1. The summed E-state index contributed by atoms with van der Waals surface area (Å²) in [5.41, 5.74) is 3.52. The van der Waals surface area contributed by atoms with Crippen molar-refractivity contribution in [1.29, 1.82) is 0 Å². The first-order valence-electron chi connectivity index (χ1n) is 12.5. The normalized spacial score (nSPS) is 18.2. The van der Waals surface area contributed by atoms with Gasteiger partial charge in [0.2, 0.25) is 0 Å². The average Bonchev–Trinajstić information content (AvgIpc) is 3.33. The Morgan fingerprint density at radius 2 is 2.05 bits per heavy atom. The number of alkyl halides is 1. The number of amides is 1. The number of hydrogen-bond donors (Lipinski definition) is 1. The van der Waals surface area contributed by atoms with Crippen LogP contribution in [0.3, 0.4) is 0 Å². The largest absolute Gasteiger partial charge is 0.490 e. The van der Waals surface area contributed by atoms with E-state index in [0.717, 1.165) is 26.4 Å². The Morgan fingerprint density at radius 1 is 1.26 bits per heavy atom. The minimum absolute atomic E-state index is 0.101. The maximum Gasteiger partial charge on any atom is 0.251 e. The first-order chi connectivity index (χ1) is 18.1. The van der Waals surface area contributed by atoms with Gasteiger partial charge in [0.05, 0.1) is 32.8 Å². The number of nitrogens with one attached hydrogen (secondary N) is 1. The number of nitrogens with zero attached hydrogens (tertiary/aromatic N) is 3. The number of benzene rings is 1. The van der Waals surface area contributed by atoms with Gasteiger partial charge in [0, 0.05) is 41.0 Å². The third-order valence-corrected chi connectivity index (χ3v) is 9.05. The van der Waals surface area contributed by atoms with E-state index in [-0.39, 0.29) is 28.5 Å². The fraction of sp³-hybridized carbons (Fsp3) is 0.357. The average molecular weight is 572 g/mol. The number of ether oxygens (including phenoxy) is 1. The molecule has 38 heavy (non-hydrogen) atoms. The van der Waals surface area contributed by atoms with Crippen molar-refractivity contribution in [2.75, 3.05) is 13.2 Å². The van der Waals surface area contributed by atoms with Gasteiger partial charge in [-0.1, -0.05) is 30.1 Å². The number of pyridine rings is 2. The van der Waals surface area contributed by atoms with Crippen LogP contribution in [0.15, 0.2) is 30.5 Å². The Bertz CT molecular complexity index is 1600. The molecular weight excluding hydrogens is 546 g/mol. The minimum Gasteiger partial charge on any atom is -0.490 e. The molecule has 4 heterocycles. The zero-order valence-corrected chi connectivity index (χ0v) is 23.4. The molecule has 2 aliphatic rings. The Labute approximate surface area is 233 Å². The summed E-state index contributed by atoms with van der Waals surface area (Å²) in [6.07, 6.45) is 2.39. The highest BCUT2D eigenvalue weighted by Gasteiger charge is 2.52. The third kappa shape index (κ3) is 4.42. The van der Waals surface area contributed by atoms with Gasteiger partial charge in [0.25, 0.3) is 5.91 Å². The maximum atomic E-state index is 15.8. The van der Waals surface area contributed by atoms with Crippen molar-refractivity contribution in [2.24, 2.45) is 0 Å². The second kappa shape index (κ2) is 9.43. The number of hydrogen-bond acceptors (Lipinski definition) is 6. The highest BCUT2D eigenvalue weighted by Crippen LogP contribution is 2.52. The summed E-state index contributed by atoms with van der Waals surface area (Å²) in [5.74, 6) is -0.156. The lowest BCUT2D eigenvalue weighted by Crippen LogP contribution is -2.33. The molecule has 1 aliphatic heterocycles. The van der Waals surface area contributed by atoms with E-state index in [0.29, 0.717) is 47.7 Å². The van der Waals surface area contributed by atoms with Crippen molar-refractivity contribution >= 4 is 50.7 Å². The van der Waals surface area contributed by atoms with Crippen molar-refractivity contribution in [1.82, 2.24) is 20.3 Å². The van der Waals surface area contributed by atoms with E-state index in [9.17, 15) is 4.79 Å². The smallest absolute Gasteiger partial charge is 0.251 e. The maximum absolute atomic E-state index is 15.8. The van der Waals surface area contributed by atoms with Crippen molar-refractivity contribution in [2.45, 2.75) is 51.1 Å². The zero-order chi connectivity index (χ0) is 26.8. The predicted molar refractivity (Wildman–Crippen MR) is 149 cm³/mol. The SMILES string of the molecule is Cc1nc2c(C)cc(C(=O)NCC(c3cc4c(c(-c5ccnc(Cl)c5Cl)n3)OCC4C)C3(F)CC3)cc2s1. The van der Waals surface area contributed by atoms with Crippen LogP contribution in [0.4, 0.5) is 4.39 Å². The fourth-order valence-corrected chi connectivity index (χ4v) is 6.41. The molecule has 3 aromatic heterocycles. The van der Waals surface area contributed by atoms with Gasteiger partial charge in [0.15, 0.2) is 0 Å². The minimum atomic E-state index is -1.44. The Hall–Kier alpha value is -2.81. The number of fused-ring (bicyclic) bond motifs is 2. The molecule has 196 valence electrons. The van der Waals surface area contributed by atoms with E-state index < -0.39 is 11.6 Å². The molecular formula is C28H25Cl2FN4O2S. The molecule has 2 unspecified atom stereocenters. The number of carbonyl (C=O) groups is 1. The van der Waals surface area contributed by atoms with Gasteiger partial charge in [-0.15, -0.1) is 11.3 Å². The van der Waals surface area contributed by atoms with Crippen LogP contribution in [0.2, 0.25) is 10.2 Å². The summed E-state index contributed by atoms with van der Waals surface area (Å²) in [7, 11) is 0. The van der Waals surface area contributed by atoms with Gasteiger partial charge >= 0.3 is 0 Å². The first kappa shape index (κ1) is 25.5.